The van der Waals surface area contributed by atoms with Gasteiger partial charge in [0.15, 0.2) is 0 Å². The molecule has 20 heavy (non-hydrogen) atoms. The Labute approximate surface area is 131 Å². The zero-order chi connectivity index (χ0) is 14.4. The van der Waals surface area contributed by atoms with E-state index in [1.807, 2.05) is 12.1 Å². The van der Waals surface area contributed by atoms with E-state index in [4.69, 9.17) is 16.3 Å². The van der Waals surface area contributed by atoms with Gasteiger partial charge in [-0.2, -0.15) is 0 Å². The second-order valence-electron chi connectivity index (χ2n) is 4.25. The van der Waals surface area contributed by atoms with Crippen LogP contribution in [-0.4, -0.2) is 16.5 Å². The van der Waals surface area contributed by atoms with Crippen molar-refractivity contribution in [3.05, 3.63) is 45.8 Å². The molecule has 0 aromatic carbocycles. The maximum absolute atomic E-state index is 6.18. The van der Waals surface area contributed by atoms with Crippen LogP contribution in [0.1, 0.15) is 18.9 Å². The van der Waals surface area contributed by atoms with Crippen LogP contribution in [0.5, 0.6) is 11.6 Å². The van der Waals surface area contributed by atoms with E-state index in [1.54, 1.807) is 18.6 Å². The molecule has 2 aromatic rings. The van der Waals surface area contributed by atoms with E-state index in [2.05, 4.69) is 38.1 Å². The van der Waals surface area contributed by atoms with Crippen LogP contribution in [0.25, 0.3) is 0 Å². The number of aromatic nitrogens is 2. The molecule has 4 nitrogen and oxygen atoms in total. The first-order chi connectivity index (χ1) is 9.69. The Bertz CT molecular complexity index is 580. The Kier molecular flexibility index (Phi) is 5.76. The van der Waals surface area contributed by atoms with Crippen LogP contribution < -0.4 is 10.1 Å². The molecule has 2 aromatic heterocycles. The lowest BCUT2D eigenvalue weighted by molar-refractivity contribution is 0.460. The molecule has 6 heteroatoms. The van der Waals surface area contributed by atoms with Gasteiger partial charge in [-0.1, -0.05) is 18.5 Å². The van der Waals surface area contributed by atoms with E-state index in [9.17, 15) is 0 Å². The minimum atomic E-state index is 0.380. The highest BCUT2D eigenvalue weighted by atomic mass is 79.9. The van der Waals surface area contributed by atoms with E-state index in [0.717, 1.165) is 29.5 Å². The number of pyridine rings is 2. The molecule has 0 atom stereocenters. The Morgan fingerprint density at radius 3 is 2.85 bits per heavy atom. The molecule has 0 radical (unpaired) electrons. The summed E-state index contributed by atoms with van der Waals surface area (Å²) in [5.41, 5.74) is 1.03. The first kappa shape index (κ1) is 15.2. The lowest BCUT2D eigenvalue weighted by Crippen LogP contribution is -2.13. The van der Waals surface area contributed by atoms with Crippen LogP contribution in [0, 0.1) is 0 Å². The van der Waals surface area contributed by atoms with Crippen molar-refractivity contribution in [1.29, 1.82) is 0 Å². The molecule has 0 bridgehead atoms. The van der Waals surface area contributed by atoms with Crippen molar-refractivity contribution in [2.45, 2.75) is 19.9 Å². The summed E-state index contributed by atoms with van der Waals surface area (Å²) in [5, 5.41) is 3.79. The molecule has 0 amide bonds. The van der Waals surface area contributed by atoms with Gasteiger partial charge in [0, 0.05) is 23.4 Å². The van der Waals surface area contributed by atoms with Crippen molar-refractivity contribution in [2.75, 3.05) is 6.54 Å². The van der Waals surface area contributed by atoms with Crippen LogP contribution >= 0.6 is 27.5 Å². The van der Waals surface area contributed by atoms with Crippen LogP contribution in [0.15, 0.2) is 35.2 Å². The normalized spacial score (nSPS) is 10.6. The molecule has 0 aliphatic heterocycles. The van der Waals surface area contributed by atoms with E-state index < -0.39 is 0 Å². The van der Waals surface area contributed by atoms with E-state index in [0.29, 0.717) is 16.7 Å². The summed E-state index contributed by atoms with van der Waals surface area (Å²) in [7, 11) is 0. The number of hydrogen-bond donors (Lipinski definition) is 1. The Morgan fingerprint density at radius 2 is 2.15 bits per heavy atom. The maximum atomic E-state index is 6.18. The van der Waals surface area contributed by atoms with E-state index in [-0.39, 0.29) is 0 Å². The van der Waals surface area contributed by atoms with Gasteiger partial charge in [0.1, 0.15) is 10.8 Å². The fraction of sp³-hybridized carbons (Fsp3) is 0.286. The Morgan fingerprint density at radius 1 is 1.30 bits per heavy atom. The summed E-state index contributed by atoms with van der Waals surface area (Å²) in [6.45, 7) is 3.85. The highest BCUT2D eigenvalue weighted by Gasteiger charge is 2.07. The fourth-order valence-electron chi connectivity index (χ4n) is 1.61. The lowest BCUT2D eigenvalue weighted by Gasteiger charge is -2.08. The maximum Gasteiger partial charge on any atom is 0.238 e. The van der Waals surface area contributed by atoms with Gasteiger partial charge in [-0.25, -0.2) is 4.98 Å². The highest BCUT2D eigenvalue weighted by Crippen LogP contribution is 2.28. The summed E-state index contributed by atoms with van der Waals surface area (Å²) in [5.74, 6) is 0.969. The molecule has 0 fully saturated rings. The number of halogens is 2. The number of nitrogens with zero attached hydrogens (tertiary/aromatic N) is 2. The fourth-order valence-corrected chi connectivity index (χ4v) is 2.18. The standard InChI is InChI=1S/C14H15BrClN3O/c1-2-3-17-6-10-4-13(16)14(19-7-10)20-12-5-11(15)8-18-9-12/h4-5,7-9,17H,2-3,6H2,1H3. The minimum absolute atomic E-state index is 0.380. The van der Waals surface area contributed by atoms with Crippen molar-refractivity contribution in [3.63, 3.8) is 0 Å². The van der Waals surface area contributed by atoms with Crippen LogP contribution in [0.4, 0.5) is 0 Å². The third-order valence-corrected chi connectivity index (χ3v) is 3.22. The summed E-state index contributed by atoms with van der Waals surface area (Å²) in [4.78, 5) is 8.27. The molecule has 2 rings (SSSR count). The lowest BCUT2D eigenvalue weighted by atomic mass is 10.3. The average molecular weight is 357 g/mol. The summed E-state index contributed by atoms with van der Waals surface area (Å²) in [6, 6.07) is 3.67. The SMILES string of the molecule is CCCNCc1cnc(Oc2cncc(Br)c2)c(Cl)c1. The van der Waals surface area contributed by atoms with Gasteiger partial charge < -0.3 is 10.1 Å². The Hall–Kier alpha value is -1.17. The third-order valence-electron chi connectivity index (χ3n) is 2.51. The average Bonchev–Trinajstić information content (AvgIpc) is 2.42. The molecule has 1 N–H and O–H groups in total. The highest BCUT2D eigenvalue weighted by molar-refractivity contribution is 9.10. The van der Waals surface area contributed by atoms with Gasteiger partial charge in [0.05, 0.1) is 6.20 Å². The molecule has 106 valence electrons. The largest absolute Gasteiger partial charge is 0.436 e. The zero-order valence-electron chi connectivity index (χ0n) is 11.1. The van der Waals surface area contributed by atoms with E-state index in [1.165, 1.54) is 0 Å². The molecule has 0 saturated heterocycles. The van der Waals surface area contributed by atoms with Crippen LogP contribution in [0.2, 0.25) is 5.02 Å². The van der Waals surface area contributed by atoms with Gasteiger partial charge >= 0.3 is 0 Å². The van der Waals surface area contributed by atoms with Gasteiger partial charge in [0.2, 0.25) is 5.88 Å². The number of nitrogens with one attached hydrogen (secondary N) is 1. The molecule has 0 aliphatic rings. The van der Waals surface area contributed by atoms with Gasteiger partial charge in [-0.05, 0) is 46.6 Å². The van der Waals surface area contributed by atoms with Gasteiger partial charge in [0.25, 0.3) is 0 Å². The molecule has 0 spiro atoms. The van der Waals surface area contributed by atoms with Crippen molar-refractivity contribution in [2.24, 2.45) is 0 Å². The van der Waals surface area contributed by atoms with Crippen molar-refractivity contribution < 1.29 is 4.74 Å². The number of rotatable bonds is 6. The smallest absolute Gasteiger partial charge is 0.238 e. The minimum Gasteiger partial charge on any atom is -0.436 e. The zero-order valence-corrected chi connectivity index (χ0v) is 13.4. The second kappa shape index (κ2) is 7.57. The number of hydrogen-bond acceptors (Lipinski definition) is 4. The van der Waals surface area contributed by atoms with Crippen LogP contribution in [-0.2, 0) is 6.54 Å². The first-order valence-corrected chi connectivity index (χ1v) is 7.49. The van der Waals surface area contributed by atoms with Gasteiger partial charge in [-0.15, -0.1) is 0 Å². The summed E-state index contributed by atoms with van der Waals surface area (Å²) in [6.07, 6.45) is 6.15. The predicted molar refractivity (Wildman–Crippen MR) is 83.3 cm³/mol. The molecule has 0 saturated carbocycles. The molecular formula is C14H15BrClN3O. The topological polar surface area (TPSA) is 47.0 Å². The Balaban J connectivity index is 2.06. The van der Waals surface area contributed by atoms with Crippen molar-refractivity contribution >= 4 is 27.5 Å². The molecule has 2 heterocycles. The second-order valence-corrected chi connectivity index (χ2v) is 5.57. The molecule has 0 unspecified atom stereocenters. The first-order valence-electron chi connectivity index (χ1n) is 6.32. The quantitative estimate of drug-likeness (QED) is 0.789. The molecular weight excluding hydrogens is 342 g/mol. The van der Waals surface area contributed by atoms with Crippen molar-refractivity contribution in [1.82, 2.24) is 15.3 Å². The summed E-state index contributed by atoms with van der Waals surface area (Å²) < 4.78 is 6.45. The van der Waals surface area contributed by atoms with Crippen molar-refractivity contribution in [3.8, 4) is 11.6 Å². The monoisotopic (exact) mass is 355 g/mol. The molecule has 0 aliphatic carbocycles. The van der Waals surface area contributed by atoms with Crippen LogP contribution in [0.3, 0.4) is 0 Å². The predicted octanol–water partition coefficient (Wildman–Crippen LogP) is 4.18. The third kappa shape index (κ3) is 4.44. The van der Waals surface area contributed by atoms with E-state index >= 15 is 0 Å². The van der Waals surface area contributed by atoms with Gasteiger partial charge in [-0.3, -0.25) is 4.98 Å². The summed E-state index contributed by atoms with van der Waals surface area (Å²) >= 11 is 9.52. The number of ether oxygens (including phenoxy) is 1.